The van der Waals surface area contributed by atoms with E-state index < -0.39 is 28.0 Å². The molecule has 0 saturated carbocycles. The average Bonchev–Trinajstić information content (AvgIpc) is 2.83. The summed E-state index contributed by atoms with van der Waals surface area (Å²) in [6.07, 6.45) is -1.14. The van der Waals surface area contributed by atoms with Gasteiger partial charge in [0.05, 0.1) is 21.7 Å². The number of rotatable bonds is 6. The van der Waals surface area contributed by atoms with Crippen LogP contribution in [-0.4, -0.2) is 31.4 Å². The lowest BCUT2D eigenvalue weighted by Crippen LogP contribution is -2.30. The number of esters is 1. The molecule has 0 radical (unpaired) electrons. The molecule has 36 heavy (non-hydrogen) atoms. The highest BCUT2D eigenvalue weighted by atomic mass is 35.5. The normalized spacial score (nSPS) is 12.2. The van der Waals surface area contributed by atoms with Crippen molar-refractivity contribution in [2.75, 3.05) is 5.32 Å². The fourth-order valence-corrected chi connectivity index (χ4v) is 4.44. The third-order valence-corrected chi connectivity index (χ3v) is 6.71. The molecule has 1 amide bonds. The molecule has 184 valence electrons. The number of halogens is 1. The van der Waals surface area contributed by atoms with E-state index >= 15 is 0 Å². The Morgan fingerprint density at radius 1 is 1.03 bits per heavy atom. The van der Waals surface area contributed by atoms with Crippen LogP contribution in [0.5, 0.6) is 0 Å². The van der Waals surface area contributed by atoms with E-state index in [1.54, 1.807) is 43.3 Å². The number of nitrogens with two attached hydrogens (primary N) is 1. The third-order valence-electron chi connectivity index (χ3n) is 5.54. The maximum atomic E-state index is 13.3. The van der Waals surface area contributed by atoms with E-state index in [4.69, 9.17) is 26.5 Å². The summed E-state index contributed by atoms with van der Waals surface area (Å²) in [6.45, 7) is 3.21. The van der Waals surface area contributed by atoms with Crippen LogP contribution in [0, 0.1) is 6.92 Å². The van der Waals surface area contributed by atoms with Gasteiger partial charge in [0, 0.05) is 21.7 Å². The Hall–Kier alpha value is -3.79. The number of primary sulfonamides is 1. The zero-order chi connectivity index (χ0) is 26.0. The highest BCUT2D eigenvalue weighted by Gasteiger charge is 2.24. The van der Waals surface area contributed by atoms with Crippen LogP contribution in [0.1, 0.15) is 22.8 Å². The molecule has 10 heteroatoms. The van der Waals surface area contributed by atoms with E-state index in [0.717, 1.165) is 5.56 Å². The van der Waals surface area contributed by atoms with Crippen molar-refractivity contribution in [1.82, 2.24) is 4.98 Å². The van der Waals surface area contributed by atoms with E-state index in [-0.39, 0.29) is 4.90 Å². The number of pyridine rings is 1. The van der Waals surface area contributed by atoms with Crippen molar-refractivity contribution in [1.29, 1.82) is 0 Å². The Balaban J connectivity index is 1.61. The van der Waals surface area contributed by atoms with Gasteiger partial charge < -0.3 is 10.1 Å². The molecule has 1 unspecified atom stereocenters. The molecule has 0 aliphatic rings. The predicted octanol–water partition coefficient (Wildman–Crippen LogP) is 4.70. The van der Waals surface area contributed by atoms with Crippen molar-refractivity contribution in [3.63, 3.8) is 0 Å². The van der Waals surface area contributed by atoms with Gasteiger partial charge >= 0.3 is 5.97 Å². The first kappa shape index (κ1) is 25.3. The van der Waals surface area contributed by atoms with Crippen LogP contribution >= 0.6 is 11.6 Å². The Bertz CT molecular complexity index is 1590. The maximum Gasteiger partial charge on any atom is 0.339 e. The molecular formula is C26H22ClN3O5S. The van der Waals surface area contributed by atoms with Gasteiger partial charge in [-0.15, -0.1) is 0 Å². The molecule has 1 atom stereocenters. The number of amides is 1. The number of carbonyl (C=O) groups excluding carboxylic acids is 2. The van der Waals surface area contributed by atoms with Crippen molar-refractivity contribution in [3.05, 3.63) is 88.9 Å². The first-order valence-electron chi connectivity index (χ1n) is 10.8. The second-order valence-corrected chi connectivity index (χ2v) is 10.1. The van der Waals surface area contributed by atoms with Gasteiger partial charge in [-0.1, -0.05) is 41.9 Å². The summed E-state index contributed by atoms with van der Waals surface area (Å²) in [4.78, 5) is 30.6. The molecule has 1 heterocycles. The summed E-state index contributed by atoms with van der Waals surface area (Å²) in [5, 5.41) is 8.81. The zero-order valence-electron chi connectivity index (χ0n) is 19.4. The standard InChI is InChI=1S/C26H22ClN3O5S/c1-15-23(21-8-3-4-9-22(21)30-24(15)17-6-5-7-18(27)14-17)26(32)35-16(2)25(31)29-19-10-12-20(13-11-19)36(28,33)34/h3-14,16H,1-2H3,(H,29,31)(H2,28,33,34). The summed E-state index contributed by atoms with van der Waals surface area (Å²) < 4.78 is 28.3. The highest BCUT2D eigenvalue weighted by Crippen LogP contribution is 2.31. The quantitative estimate of drug-likeness (QED) is 0.353. The van der Waals surface area contributed by atoms with Crippen LogP contribution in [0.4, 0.5) is 5.69 Å². The van der Waals surface area contributed by atoms with Crippen molar-refractivity contribution in [2.24, 2.45) is 5.14 Å². The van der Waals surface area contributed by atoms with Crippen LogP contribution < -0.4 is 10.5 Å². The van der Waals surface area contributed by atoms with E-state index in [1.807, 2.05) is 12.1 Å². The molecular weight excluding hydrogens is 502 g/mol. The summed E-state index contributed by atoms with van der Waals surface area (Å²) in [7, 11) is -3.85. The summed E-state index contributed by atoms with van der Waals surface area (Å²) in [5.41, 5.74) is 3.13. The fraction of sp³-hybridized carbons (Fsp3) is 0.115. The molecule has 1 aromatic heterocycles. The van der Waals surface area contributed by atoms with Gasteiger partial charge in [0.2, 0.25) is 10.0 Å². The van der Waals surface area contributed by atoms with Crippen LogP contribution in [0.15, 0.2) is 77.7 Å². The molecule has 0 aliphatic carbocycles. The molecule has 3 N–H and O–H groups in total. The van der Waals surface area contributed by atoms with Gasteiger partial charge in [-0.2, -0.15) is 0 Å². The topological polar surface area (TPSA) is 128 Å². The molecule has 8 nitrogen and oxygen atoms in total. The smallest absolute Gasteiger partial charge is 0.339 e. The van der Waals surface area contributed by atoms with Gasteiger partial charge in [-0.25, -0.2) is 23.3 Å². The maximum absolute atomic E-state index is 13.3. The van der Waals surface area contributed by atoms with E-state index in [9.17, 15) is 18.0 Å². The number of para-hydroxylation sites is 1. The Morgan fingerprint density at radius 3 is 2.39 bits per heavy atom. The number of hydrogen-bond acceptors (Lipinski definition) is 6. The predicted molar refractivity (Wildman–Crippen MR) is 138 cm³/mol. The molecule has 4 aromatic rings. The SMILES string of the molecule is Cc1c(-c2cccc(Cl)c2)nc2ccccc2c1C(=O)OC(C)C(=O)Nc1ccc(S(N)(=O)=O)cc1. The van der Waals surface area contributed by atoms with Crippen LogP contribution in [0.25, 0.3) is 22.2 Å². The second-order valence-electron chi connectivity index (χ2n) is 8.09. The number of aromatic nitrogens is 1. The lowest BCUT2D eigenvalue weighted by atomic mass is 9.98. The summed E-state index contributed by atoms with van der Waals surface area (Å²) in [6, 6.07) is 19.7. The molecule has 0 spiro atoms. The summed E-state index contributed by atoms with van der Waals surface area (Å²) in [5.74, 6) is -1.26. The number of carbonyl (C=O) groups is 2. The van der Waals surface area contributed by atoms with E-state index in [1.165, 1.54) is 31.2 Å². The monoisotopic (exact) mass is 523 g/mol. The number of nitrogens with one attached hydrogen (secondary N) is 1. The zero-order valence-corrected chi connectivity index (χ0v) is 20.9. The Kier molecular flexibility index (Phi) is 7.07. The second kappa shape index (κ2) is 10.1. The number of hydrogen-bond donors (Lipinski definition) is 2. The molecule has 0 aliphatic heterocycles. The molecule has 0 fully saturated rings. The highest BCUT2D eigenvalue weighted by molar-refractivity contribution is 7.89. The Labute approximate surface area is 213 Å². The third kappa shape index (κ3) is 5.38. The number of sulfonamides is 1. The fourth-order valence-electron chi connectivity index (χ4n) is 3.73. The molecule has 4 rings (SSSR count). The largest absolute Gasteiger partial charge is 0.449 e. The minimum Gasteiger partial charge on any atom is -0.449 e. The molecule has 3 aromatic carbocycles. The number of fused-ring (bicyclic) bond motifs is 1. The van der Waals surface area contributed by atoms with E-state index in [0.29, 0.717) is 38.4 Å². The van der Waals surface area contributed by atoms with Crippen molar-refractivity contribution in [3.8, 4) is 11.3 Å². The van der Waals surface area contributed by atoms with Crippen molar-refractivity contribution < 1.29 is 22.7 Å². The minimum absolute atomic E-state index is 0.0875. The van der Waals surface area contributed by atoms with Crippen LogP contribution in [-0.2, 0) is 19.6 Å². The Morgan fingerprint density at radius 2 is 1.72 bits per heavy atom. The first-order chi connectivity index (χ1) is 17.0. The van der Waals surface area contributed by atoms with Crippen LogP contribution in [0.2, 0.25) is 5.02 Å². The van der Waals surface area contributed by atoms with Crippen LogP contribution in [0.3, 0.4) is 0 Å². The van der Waals surface area contributed by atoms with Crippen molar-refractivity contribution in [2.45, 2.75) is 24.8 Å². The van der Waals surface area contributed by atoms with Gasteiger partial charge in [-0.05, 0) is 61.9 Å². The average molecular weight is 524 g/mol. The number of benzene rings is 3. The minimum atomic E-state index is -3.85. The van der Waals surface area contributed by atoms with Gasteiger partial charge in [0.1, 0.15) is 0 Å². The van der Waals surface area contributed by atoms with Gasteiger partial charge in [0.25, 0.3) is 5.91 Å². The van der Waals surface area contributed by atoms with Gasteiger partial charge in [-0.3, -0.25) is 4.79 Å². The number of nitrogens with zero attached hydrogens (tertiary/aromatic N) is 1. The molecule has 0 bridgehead atoms. The van der Waals surface area contributed by atoms with Crippen molar-refractivity contribution >= 4 is 50.1 Å². The lowest BCUT2D eigenvalue weighted by Gasteiger charge is -2.17. The molecule has 0 saturated heterocycles. The van der Waals surface area contributed by atoms with Gasteiger partial charge in [0.15, 0.2) is 6.10 Å². The first-order valence-corrected chi connectivity index (χ1v) is 12.8. The lowest BCUT2D eigenvalue weighted by molar-refractivity contribution is -0.123. The summed E-state index contributed by atoms with van der Waals surface area (Å²) >= 11 is 6.17. The number of ether oxygens (including phenoxy) is 1. The van der Waals surface area contributed by atoms with E-state index in [2.05, 4.69) is 5.32 Å². The number of anilines is 1.